The maximum Gasteiger partial charge on any atom is 0.253 e. The third kappa shape index (κ3) is 5.20. The van der Waals surface area contributed by atoms with Gasteiger partial charge in [0.25, 0.3) is 5.91 Å². The summed E-state index contributed by atoms with van der Waals surface area (Å²) >= 11 is 0. The smallest absolute Gasteiger partial charge is 0.253 e. The number of aromatic nitrogens is 7. The minimum absolute atomic E-state index is 0.0439. The number of carbonyl (C=O) groups is 1. The molecular weight excluding hydrogens is 536 g/mol. The standard InChI is InChI=1S/C34H38N8O/c1-8-39(6)34(43)25-14-12-24(13-15-25)16-17-41-20-28-27(10-9-11-29(28)36-41)32-31(21(2)3)23(5)42(37-32)30-18-26-19-40(7)38-33(26)35-22(30)4/h9-15,18-21H,8,16-17H2,1-7H3. The van der Waals surface area contributed by atoms with Crippen molar-refractivity contribution in [2.24, 2.45) is 7.05 Å². The van der Waals surface area contributed by atoms with Crippen molar-refractivity contribution < 1.29 is 4.79 Å². The van der Waals surface area contributed by atoms with Crippen molar-refractivity contribution in [3.63, 3.8) is 0 Å². The Bertz CT molecular complexity index is 1960. The molecule has 2 aromatic carbocycles. The molecule has 9 heteroatoms. The molecule has 0 aliphatic rings. The zero-order valence-corrected chi connectivity index (χ0v) is 26.0. The average molecular weight is 575 g/mol. The minimum Gasteiger partial charge on any atom is -0.342 e. The number of rotatable bonds is 8. The lowest BCUT2D eigenvalue weighted by Crippen LogP contribution is -2.26. The third-order valence-electron chi connectivity index (χ3n) is 8.25. The second-order valence-electron chi connectivity index (χ2n) is 11.6. The Kier molecular flexibility index (Phi) is 7.33. The van der Waals surface area contributed by atoms with Gasteiger partial charge >= 0.3 is 0 Å². The SMILES string of the molecule is CCN(C)C(=O)c1ccc(CCn2cc3c(-c4nn(-c5cc6cn(C)nc6nc5C)c(C)c4C(C)C)cccc3n2)cc1. The van der Waals surface area contributed by atoms with E-state index in [1.165, 1.54) is 11.1 Å². The van der Waals surface area contributed by atoms with Crippen molar-refractivity contribution in [3.8, 4) is 16.9 Å². The Balaban J connectivity index is 1.33. The van der Waals surface area contributed by atoms with Crippen LogP contribution in [0.1, 0.15) is 59.6 Å². The van der Waals surface area contributed by atoms with Crippen LogP contribution in [0.4, 0.5) is 0 Å². The molecule has 0 N–H and O–H groups in total. The van der Waals surface area contributed by atoms with Crippen molar-refractivity contribution >= 4 is 27.8 Å². The first-order chi connectivity index (χ1) is 20.6. The summed E-state index contributed by atoms with van der Waals surface area (Å²) in [5.41, 5.74) is 9.78. The number of benzene rings is 2. The lowest BCUT2D eigenvalue weighted by atomic mass is 9.95. The van der Waals surface area contributed by atoms with Gasteiger partial charge in [-0.15, -0.1) is 0 Å². The number of fused-ring (bicyclic) bond motifs is 2. The molecule has 0 spiro atoms. The normalized spacial score (nSPS) is 11.7. The van der Waals surface area contributed by atoms with Gasteiger partial charge in [-0.3, -0.25) is 14.2 Å². The van der Waals surface area contributed by atoms with Gasteiger partial charge in [0.05, 0.1) is 22.6 Å². The Morgan fingerprint density at radius 1 is 1.00 bits per heavy atom. The molecule has 0 atom stereocenters. The second kappa shape index (κ2) is 11.1. The van der Waals surface area contributed by atoms with Gasteiger partial charge in [-0.1, -0.05) is 38.1 Å². The number of carbonyl (C=O) groups excluding carboxylic acids is 1. The predicted octanol–water partition coefficient (Wildman–Crippen LogP) is 6.25. The first-order valence-corrected chi connectivity index (χ1v) is 14.9. The molecule has 0 aliphatic carbocycles. The van der Waals surface area contributed by atoms with Crippen LogP contribution in [0.2, 0.25) is 0 Å². The molecule has 0 saturated carbocycles. The van der Waals surface area contributed by atoms with Crippen LogP contribution in [0, 0.1) is 13.8 Å². The monoisotopic (exact) mass is 574 g/mol. The van der Waals surface area contributed by atoms with Crippen molar-refractivity contribution in [3.05, 3.63) is 89.0 Å². The molecule has 6 rings (SSSR count). The van der Waals surface area contributed by atoms with Crippen molar-refractivity contribution in [1.29, 1.82) is 0 Å². The van der Waals surface area contributed by atoms with E-state index in [9.17, 15) is 4.79 Å². The Hall–Kier alpha value is -4.79. The first-order valence-electron chi connectivity index (χ1n) is 14.9. The minimum atomic E-state index is 0.0439. The van der Waals surface area contributed by atoms with E-state index in [1.54, 1.807) is 9.58 Å². The number of pyridine rings is 1. The van der Waals surface area contributed by atoms with Crippen LogP contribution in [0.25, 0.3) is 38.9 Å². The fraction of sp³-hybridized carbons (Fsp3) is 0.324. The number of nitrogens with zero attached hydrogens (tertiary/aromatic N) is 8. The Morgan fingerprint density at radius 3 is 2.49 bits per heavy atom. The van der Waals surface area contributed by atoms with Crippen molar-refractivity contribution in [1.82, 2.24) is 39.2 Å². The summed E-state index contributed by atoms with van der Waals surface area (Å²) in [4.78, 5) is 18.9. The summed E-state index contributed by atoms with van der Waals surface area (Å²) in [7, 11) is 3.74. The molecule has 1 amide bonds. The van der Waals surface area contributed by atoms with Crippen LogP contribution in [-0.4, -0.2) is 58.7 Å². The quantitative estimate of drug-likeness (QED) is 0.215. The molecule has 0 aliphatic heterocycles. The fourth-order valence-corrected chi connectivity index (χ4v) is 5.84. The van der Waals surface area contributed by atoms with E-state index in [2.05, 4.69) is 56.3 Å². The number of hydrogen-bond acceptors (Lipinski definition) is 5. The lowest BCUT2D eigenvalue weighted by Gasteiger charge is -2.14. The highest BCUT2D eigenvalue weighted by atomic mass is 16.2. The lowest BCUT2D eigenvalue weighted by molar-refractivity contribution is 0.0802. The summed E-state index contributed by atoms with van der Waals surface area (Å²) < 4.78 is 5.85. The van der Waals surface area contributed by atoms with Crippen molar-refractivity contribution in [2.45, 2.75) is 53.5 Å². The van der Waals surface area contributed by atoms with Gasteiger partial charge in [-0.25, -0.2) is 9.67 Å². The molecular formula is C34H38N8O. The van der Waals surface area contributed by atoms with Gasteiger partial charge in [-0.05, 0) is 62.9 Å². The summed E-state index contributed by atoms with van der Waals surface area (Å²) in [5.74, 6) is 0.318. The van der Waals surface area contributed by atoms with E-state index < -0.39 is 0 Å². The second-order valence-corrected chi connectivity index (χ2v) is 11.6. The molecule has 0 fully saturated rings. The summed E-state index contributed by atoms with van der Waals surface area (Å²) in [6.07, 6.45) is 4.93. The first kappa shape index (κ1) is 28.3. The van der Waals surface area contributed by atoms with Gasteiger partial charge in [0.1, 0.15) is 0 Å². The van der Waals surface area contributed by atoms with E-state index in [1.807, 2.05) is 67.8 Å². The molecule has 0 bridgehead atoms. The molecule has 0 unspecified atom stereocenters. The maximum atomic E-state index is 12.5. The van der Waals surface area contributed by atoms with Gasteiger partial charge in [-0.2, -0.15) is 15.3 Å². The Morgan fingerprint density at radius 2 is 1.77 bits per heavy atom. The zero-order valence-electron chi connectivity index (χ0n) is 26.0. The largest absolute Gasteiger partial charge is 0.342 e. The van der Waals surface area contributed by atoms with Gasteiger partial charge < -0.3 is 4.90 Å². The van der Waals surface area contributed by atoms with Gasteiger partial charge in [0.2, 0.25) is 0 Å². The number of hydrogen-bond donors (Lipinski definition) is 0. The average Bonchev–Trinajstić information content (AvgIpc) is 3.68. The van der Waals surface area contributed by atoms with E-state index in [-0.39, 0.29) is 11.8 Å². The molecule has 6 aromatic rings. The van der Waals surface area contributed by atoms with E-state index >= 15 is 0 Å². The molecule has 4 heterocycles. The van der Waals surface area contributed by atoms with Crippen LogP contribution in [0.3, 0.4) is 0 Å². The van der Waals surface area contributed by atoms with Gasteiger partial charge in [0, 0.05) is 72.7 Å². The summed E-state index contributed by atoms with van der Waals surface area (Å²) in [6.45, 7) is 12.0. The highest BCUT2D eigenvalue weighted by Gasteiger charge is 2.23. The van der Waals surface area contributed by atoms with Crippen LogP contribution in [0.15, 0.2) is 60.9 Å². The van der Waals surface area contributed by atoms with Gasteiger partial charge in [0.15, 0.2) is 5.65 Å². The zero-order chi connectivity index (χ0) is 30.4. The summed E-state index contributed by atoms with van der Waals surface area (Å²) in [6, 6.07) is 16.3. The topological polar surface area (TPSA) is 86.7 Å². The van der Waals surface area contributed by atoms with E-state index in [0.717, 1.165) is 63.2 Å². The third-order valence-corrected chi connectivity index (χ3v) is 8.25. The molecule has 0 radical (unpaired) electrons. The van der Waals surface area contributed by atoms with E-state index in [0.29, 0.717) is 12.1 Å². The van der Waals surface area contributed by atoms with Crippen molar-refractivity contribution in [2.75, 3.05) is 13.6 Å². The van der Waals surface area contributed by atoms with Crippen LogP contribution >= 0.6 is 0 Å². The molecule has 9 nitrogen and oxygen atoms in total. The predicted molar refractivity (Wildman–Crippen MR) is 171 cm³/mol. The molecule has 0 saturated heterocycles. The van der Waals surface area contributed by atoms with Crippen LogP contribution in [0.5, 0.6) is 0 Å². The number of aryl methyl sites for hydroxylation is 4. The number of amides is 1. The molecule has 43 heavy (non-hydrogen) atoms. The molecule has 220 valence electrons. The highest BCUT2D eigenvalue weighted by Crippen LogP contribution is 2.36. The summed E-state index contributed by atoms with van der Waals surface area (Å²) in [5, 5.41) is 16.7. The molecule has 4 aromatic heterocycles. The fourth-order valence-electron chi connectivity index (χ4n) is 5.84. The Labute approximate surface area is 251 Å². The van der Waals surface area contributed by atoms with Crippen LogP contribution in [-0.2, 0) is 20.0 Å². The maximum absolute atomic E-state index is 12.5. The highest BCUT2D eigenvalue weighted by molar-refractivity contribution is 5.95. The van der Waals surface area contributed by atoms with Crippen LogP contribution < -0.4 is 0 Å². The van der Waals surface area contributed by atoms with E-state index in [4.69, 9.17) is 15.2 Å².